The Balaban J connectivity index is 0.00000320. The van der Waals surface area contributed by atoms with Crippen LogP contribution in [-0.4, -0.2) is 30.5 Å². The summed E-state index contributed by atoms with van der Waals surface area (Å²) in [6.07, 6.45) is 2.52. The van der Waals surface area contributed by atoms with Gasteiger partial charge in [-0.25, -0.2) is 4.99 Å². The van der Waals surface area contributed by atoms with Crippen molar-refractivity contribution in [1.29, 1.82) is 0 Å². The standard InChI is InChI=1S/C22H29N5O2.HI/c1-3-23-22(24-16-18-9-11-20(12-10-18)27(28)29)25-17(2)19-7-6-8-21(15-19)26-13-4-5-14-26;/h6-12,15,17H,3-5,13-14,16H2,1-2H3,(H2,23,24,25);1H. The molecule has 0 aliphatic carbocycles. The maximum absolute atomic E-state index is 10.8. The highest BCUT2D eigenvalue weighted by molar-refractivity contribution is 14.0. The van der Waals surface area contributed by atoms with E-state index in [9.17, 15) is 10.1 Å². The molecule has 1 heterocycles. The van der Waals surface area contributed by atoms with Crippen LogP contribution >= 0.6 is 24.0 Å². The minimum Gasteiger partial charge on any atom is -0.372 e. The van der Waals surface area contributed by atoms with Crippen LogP contribution in [-0.2, 0) is 6.54 Å². The number of nitro benzene ring substituents is 1. The van der Waals surface area contributed by atoms with Crippen molar-refractivity contribution in [2.24, 2.45) is 4.99 Å². The molecule has 0 amide bonds. The second kappa shape index (κ2) is 11.7. The molecule has 3 rings (SSSR count). The third-order valence-electron chi connectivity index (χ3n) is 5.11. The van der Waals surface area contributed by atoms with E-state index in [-0.39, 0.29) is 35.7 Å². The van der Waals surface area contributed by atoms with Gasteiger partial charge in [0.1, 0.15) is 0 Å². The summed E-state index contributed by atoms with van der Waals surface area (Å²) < 4.78 is 0. The summed E-state index contributed by atoms with van der Waals surface area (Å²) in [7, 11) is 0. The van der Waals surface area contributed by atoms with Gasteiger partial charge in [0.05, 0.1) is 17.5 Å². The number of halogens is 1. The fraction of sp³-hybridized carbons (Fsp3) is 0.409. The Morgan fingerprint density at radius 3 is 2.53 bits per heavy atom. The highest BCUT2D eigenvalue weighted by Gasteiger charge is 2.14. The summed E-state index contributed by atoms with van der Waals surface area (Å²) in [4.78, 5) is 17.5. The van der Waals surface area contributed by atoms with Gasteiger partial charge in [0.15, 0.2) is 5.96 Å². The van der Waals surface area contributed by atoms with Crippen LogP contribution in [0.3, 0.4) is 0 Å². The number of nitrogens with zero attached hydrogens (tertiary/aromatic N) is 3. The Morgan fingerprint density at radius 1 is 1.20 bits per heavy atom. The molecular weight excluding hydrogens is 493 g/mol. The van der Waals surface area contributed by atoms with Gasteiger partial charge in [0, 0.05) is 37.5 Å². The minimum atomic E-state index is -0.392. The molecule has 1 aliphatic heterocycles. The van der Waals surface area contributed by atoms with E-state index in [4.69, 9.17) is 0 Å². The number of aliphatic imine (C=N–C) groups is 1. The largest absolute Gasteiger partial charge is 0.372 e. The molecule has 2 aromatic rings. The summed E-state index contributed by atoms with van der Waals surface area (Å²) >= 11 is 0. The highest BCUT2D eigenvalue weighted by atomic mass is 127. The number of guanidine groups is 1. The molecule has 1 saturated heterocycles. The van der Waals surface area contributed by atoms with Crippen LogP contribution in [0.15, 0.2) is 53.5 Å². The van der Waals surface area contributed by atoms with Gasteiger partial charge < -0.3 is 15.5 Å². The predicted octanol–water partition coefficient (Wildman–Crippen LogP) is 4.63. The first-order valence-corrected chi connectivity index (χ1v) is 10.2. The normalized spacial score (nSPS) is 14.7. The fourth-order valence-electron chi connectivity index (χ4n) is 3.47. The third kappa shape index (κ3) is 6.58. The Hall–Kier alpha value is -2.36. The molecular formula is C22H30IN5O2. The minimum absolute atomic E-state index is 0. The number of hydrogen-bond donors (Lipinski definition) is 2. The first kappa shape index (κ1) is 23.9. The van der Waals surface area contributed by atoms with Gasteiger partial charge in [-0.3, -0.25) is 10.1 Å². The molecule has 0 saturated carbocycles. The number of nitro groups is 1. The zero-order valence-corrected chi connectivity index (χ0v) is 19.8. The Morgan fingerprint density at radius 2 is 1.90 bits per heavy atom. The molecule has 1 unspecified atom stereocenters. The van der Waals surface area contributed by atoms with Crippen molar-refractivity contribution in [2.45, 2.75) is 39.3 Å². The van der Waals surface area contributed by atoms with E-state index in [0.717, 1.165) is 31.2 Å². The number of hydrogen-bond acceptors (Lipinski definition) is 4. The lowest BCUT2D eigenvalue weighted by molar-refractivity contribution is -0.384. The van der Waals surface area contributed by atoms with Gasteiger partial charge in [-0.2, -0.15) is 0 Å². The molecule has 7 nitrogen and oxygen atoms in total. The molecule has 162 valence electrons. The van der Waals surface area contributed by atoms with Crippen LogP contribution < -0.4 is 15.5 Å². The summed E-state index contributed by atoms with van der Waals surface area (Å²) in [5, 5.41) is 17.5. The lowest BCUT2D eigenvalue weighted by Gasteiger charge is -2.22. The predicted molar refractivity (Wildman–Crippen MR) is 133 cm³/mol. The first-order chi connectivity index (χ1) is 14.1. The molecule has 0 spiro atoms. The van der Waals surface area contributed by atoms with E-state index in [0.29, 0.717) is 6.54 Å². The summed E-state index contributed by atoms with van der Waals surface area (Å²) in [6, 6.07) is 15.3. The molecule has 1 aliphatic rings. The van der Waals surface area contributed by atoms with E-state index in [2.05, 4.69) is 51.7 Å². The monoisotopic (exact) mass is 523 g/mol. The van der Waals surface area contributed by atoms with Gasteiger partial charge in [-0.05, 0) is 49.9 Å². The van der Waals surface area contributed by atoms with Crippen molar-refractivity contribution < 1.29 is 4.92 Å². The zero-order chi connectivity index (χ0) is 20.6. The molecule has 0 radical (unpaired) electrons. The van der Waals surface area contributed by atoms with Crippen molar-refractivity contribution in [3.8, 4) is 0 Å². The van der Waals surface area contributed by atoms with Crippen molar-refractivity contribution in [1.82, 2.24) is 10.6 Å². The quantitative estimate of drug-likeness (QED) is 0.182. The Bertz CT molecular complexity index is 851. The topological polar surface area (TPSA) is 82.8 Å². The molecule has 0 bridgehead atoms. The van der Waals surface area contributed by atoms with Gasteiger partial charge >= 0.3 is 0 Å². The summed E-state index contributed by atoms with van der Waals surface area (Å²) in [6.45, 7) is 7.62. The molecule has 2 aromatic carbocycles. The van der Waals surface area contributed by atoms with Crippen molar-refractivity contribution in [3.05, 3.63) is 69.8 Å². The zero-order valence-electron chi connectivity index (χ0n) is 17.5. The second-order valence-corrected chi connectivity index (χ2v) is 7.27. The maximum Gasteiger partial charge on any atom is 0.269 e. The van der Waals surface area contributed by atoms with Crippen LogP contribution in [0.25, 0.3) is 0 Å². The van der Waals surface area contributed by atoms with E-state index >= 15 is 0 Å². The molecule has 2 N–H and O–H groups in total. The maximum atomic E-state index is 10.8. The Kier molecular flexibility index (Phi) is 9.35. The lowest BCUT2D eigenvalue weighted by Crippen LogP contribution is -2.38. The molecule has 30 heavy (non-hydrogen) atoms. The molecule has 8 heteroatoms. The van der Waals surface area contributed by atoms with Gasteiger partial charge in [0.2, 0.25) is 0 Å². The van der Waals surface area contributed by atoms with Crippen molar-refractivity contribution in [3.63, 3.8) is 0 Å². The van der Waals surface area contributed by atoms with Crippen molar-refractivity contribution >= 4 is 41.3 Å². The number of anilines is 1. The molecule has 1 fully saturated rings. The van der Waals surface area contributed by atoms with E-state index in [1.807, 2.05) is 6.92 Å². The molecule has 0 aromatic heterocycles. The van der Waals surface area contributed by atoms with Crippen LogP contribution in [0.2, 0.25) is 0 Å². The van der Waals surface area contributed by atoms with Gasteiger partial charge in [-0.1, -0.05) is 24.3 Å². The number of non-ortho nitro benzene ring substituents is 1. The van der Waals surface area contributed by atoms with E-state index in [1.54, 1.807) is 12.1 Å². The number of rotatable bonds is 7. The number of benzene rings is 2. The van der Waals surface area contributed by atoms with Crippen LogP contribution in [0.5, 0.6) is 0 Å². The summed E-state index contributed by atoms with van der Waals surface area (Å²) in [5.41, 5.74) is 3.52. The average molecular weight is 523 g/mol. The fourth-order valence-corrected chi connectivity index (χ4v) is 3.47. The number of nitrogens with one attached hydrogen (secondary N) is 2. The van der Waals surface area contributed by atoms with E-state index in [1.165, 1.54) is 36.2 Å². The summed E-state index contributed by atoms with van der Waals surface area (Å²) in [5.74, 6) is 0.727. The third-order valence-corrected chi connectivity index (χ3v) is 5.11. The van der Waals surface area contributed by atoms with Crippen LogP contribution in [0.1, 0.15) is 43.9 Å². The van der Waals surface area contributed by atoms with Crippen LogP contribution in [0, 0.1) is 10.1 Å². The molecule has 1 atom stereocenters. The van der Waals surface area contributed by atoms with Crippen molar-refractivity contribution in [2.75, 3.05) is 24.5 Å². The Labute approximate surface area is 195 Å². The van der Waals surface area contributed by atoms with Gasteiger partial charge in [0.25, 0.3) is 5.69 Å². The lowest BCUT2D eigenvalue weighted by atomic mass is 10.1. The van der Waals surface area contributed by atoms with Gasteiger partial charge in [-0.15, -0.1) is 24.0 Å². The smallest absolute Gasteiger partial charge is 0.269 e. The average Bonchev–Trinajstić information content (AvgIpc) is 3.27. The SMILES string of the molecule is CCNC(=NCc1ccc([N+](=O)[O-])cc1)NC(C)c1cccc(N2CCCC2)c1.I. The highest BCUT2D eigenvalue weighted by Crippen LogP contribution is 2.24. The van der Waals surface area contributed by atoms with E-state index < -0.39 is 4.92 Å². The second-order valence-electron chi connectivity index (χ2n) is 7.27. The van der Waals surface area contributed by atoms with Crippen LogP contribution in [0.4, 0.5) is 11.4 Å². The first-order valence-electron chi connectivity index (χ1n) is 10.2.